The van der Waals surface area contributed by atoms with Crippen LogP contribution in [0.3, 0.4) is 0 Å². The standard InChI is InChI=1S/C6H7FO3/c7-6(2-3-6)10-5(9)1-4-8/h4H,1-3H2. The molecule has 0 bridgehead atoms. The Bertz CT molecular complexity index is 162. The Kier molecular flexibility index (Phi) is 1.70. The van der Waals surface area contributed by atoms with Crippen LogP contribution in [0.1, 0.15) is 19.3 Å². The second-order valence-electron chi connectivity index (χ2n) is 2.23. The second kappa shape index (κ2) is 2.36. The Hall–Kier alpha value is -0.930. The smallest absolute Gasteiger partial charge is 0.315 e. The summed E-state index contributed by atoms with van der Waals surface area (Å²) in [6.45, 7) is 0. The van der Waals surface area contributed by atoms with E-state index in [-0.39, 0.29) is 19.3 Å². The van der Waals surface area contributed by atoms with E-state index in [1.165, 1.54) is 0 Å². The maximum atomic E-state index is 12.5. The van der Waals surface area contributed by atoms with Gasteiger partial charge in [0.25, 0.3) is 5.85 Å². The summed E-state index contributed by atoms with van der Waals surface area (Å²) in [5, 5.41) is 0. The van der Waals surface area contributed by atoms with Crippen molar-refractivity contribution in [1.82, 2.24) is 0 Å². The topological polar surface area (TPSA) is 43.4 Å². The summed E-state index contributed by atoms with van der Waals surface area (Å²) in [6.07, 6.45) is 0.564. The van der Waals surface area contributed by atoms with Crippen molar-refractivity contribution >= 4 is 12.3 Å². The molecule has 1 saturated carbocycles. The van der Waals surface area contributed by atoms with Crippen LogP contribution in [0.15, 0.2) is 0 Å². The van der Waals surface area contributed by atoms with Crippen LogP contribution in [0.2, 0.25) is 0 Å². The summed E-state index contributed by atoms with van der Waals surface area (Å²) in [7, 11) is 0. The van der Waals surface area contributed by atoms with Gasteiger partial charge >= 0.3 is 5.97 Å². The molecule has 0 amide bonds. The molecule has 0 aromatic rings. The average molecular weight is 146 g/mol. The maximum Gasteiger partial charge on any atom is 0.315 e. The van der Waals surface area contributed by atoms with E-state index in [1.807, 2.05) is 0 Å². The molecule has 0 radical (unpaired) electrons. The lowest BCUT2D eigenvalue weighted by Crippen LogP contribution is -2.14. The molecule has 1 aliphatic rings. The van der Waals surface area contributed by atoms with Gasteiger partial charge in [0.2, 0.25) is 0 Å². The molecule has 0 aromatic carbocycles. The van der Waals surface area contributed by atoms with Gasteiger partial charge in [0, 0.05) is 12.8 Å². The highest BCUT2D eigenvalue weighted by molar-refractivity contribution is 5.84. The highest BCUT2D eigenvalue weighted by Crippen LogP contribution is 2.40. The Morgan fingerprint density at radius 3 is 2.70 bits per heavy atom. The van der Waals surface area contributed by atoms with Crippen LogP contribution in [0.4, 0.5) is 4.39 Å². The molecule has 1 fully saturated rings. The van der Waals surface area contributed by atoms with Crippen LogP contribution in [0.5, 0.6) is 0 Å². The van der Waals surface area contributed by atoms with Crippen LogP contribution in [-0.2, 0) is 14.3 Å². The molecule has 0 spiro atoms. The van der Waals surface area contributed by atoms with Crippen molar-refractivity contribution in [3.05, 3.63) is 0 Å². The summed E-state index contributed by atoms with van der Waals surface area (Å²) in [5.41, 5.74) is 0. The van der Waals surface area contributed by atoms with Gasteiger partial charge in [-0.2, -0.15) is 4.39 Å². The number of aldehydes is 1. The van der Waals surface area contributed by atoms with Gasteiger partial charge in [0.05, 0.1) is 0 Å². The summed E-state index contributed by atoms with van der Waals surface area (Å²) < 4.78 is 16.8. The summed E-state index contributed by atoms with van der Waals surface area (Å²) >= 11 is 0. The minimum Gasteiger partial charge on any atom is -0.428 e. The number of esters is 1. The monoisotopic (exact) mass is 146 g/mol. The van der Waals surface area contributed by atoms with Crippen molar-refractivity contribution in [2.24, 2.45) is 0 Å². The fraction of sp³-hybridized carbons (Fsp3) is 0.667. The van der Waals surface area contributed by atoms with E-state index in [0.717, 1.165) is 0 Å². The third-order valence-electron chi connectivity index (χ3n) is 1.19. The molecule has 0 unspecified atom stereocenters. The first-order valence-corrected chi connectivity index (χ1v) is 3.01. The molecule has 0 aromatic heterocycles. The molecule has 0 atom stereocenters. The van der Waals surface area contributed by atoms with Gasteiger partial charge in [-0.05, 0) is 0 Å². The molecule has 0 saturated heterocycles. The molecule has 0 heterocycles. The van der Waals surface area contributed by atoms with Gasteiger partial charge < -0.3 is 9.53 Å². The lowest BCUT2D eigenvalue weighted by atomic mass is 10.5. The van der Waals surface area contributed by atoms with Crippen LogP contribution in [0.25, 0.3) is 0 Å². The largest absolute Gasteiger partial charge is 0.428 e. The zero-order valence-corrected chi connectivity index (χ0v) is 5.30. The van der Waals surface area contributed by atoms with Crippen molar-refractivity contribution < 1.29 is 18.7 Å². The molecule has 3 nitrogen and oxygen atoms in total. The second-order valence-corrected chi connectivity index (χ2v) is 2.23. The Morgan fingerprint density at radius 2 is 2.30 bits per heavy atom. The van der Waals surface area contributed by atoms with Crippen LogP contribution in [0, 0.1) is 0 Å². The van der Waals surface area contributed by atoms with E-state index in [2.05, 4.69) is 4.74 Å². The van der Waals surface area contributed by atoms with Gasteiger partial charge in [-0.15, -0.1) is 0 Å². The van der Waals surface area contributed by atoms with E-state index in [9.17, 15) is 14.0 Å². The number of alkyl halides is 1. The van der Waals surface area contributed by atoms with Crippen molar-refractivity contribution in [2.45, 2.75) is 25.1 Å². The molecular weight excluding hydrogens is 139 g/mol. The molecule has 56 valence electrons. The summed E-state index contributed by atoms with van der Waals surface area (Å²) in [5.74, 6) is -2.52. The molecule has 0 N–H and O–H groups in total. The molecule has 1 aliphatic carbocycles. The third kappa shape index (κ3) is 1.79. The lowest BCUT2D eigenvalue weighted by Gasteiger charge is -2.03. The molecule has 10 heavy (non-hydrogen) atoms. The summed E-state index contributed by atoms with van der Waals surface area (Å²) in [6, 6.07) is 0. The number of carbonyl (C=O) groups excluding carboxylic acids is 2. The van der Waals surface area contributed by atoms with Gasteiger partial charge in [-0.25, -0.2) is 0 Å². The van der Waals surface area contributed by atoms with E-state index in [1.54, 1.807) is 0 Å². The maximum absolute atomic E-state index is 12.5. The van der Waals surface area contributed by atoms with E-state index in [4.69, 9.17) is 0 Å². The SMILES string of the molecule is O=CCC(=O)OC1(F)CC1. The highest BCUT2D eigenvalue weighted by Gasteiger charge is 2.47. The Morgan fingerprint density at radius 1 is 1.70 bits per heavy atom. The van der Waals surface area contributed by atoms with Gasteiger partial charge in [0.15, 0.2) is 0 Å². The number of ether oxygens (including phenoxy) is 1. The number of halogens is 1. The lowest BCUT2D eigenvalue weighted by molar-refractivity contribution is -0.162. The Balaban J connectivity index is 2.24. The highest BCUT2D eigenvalue weighted by atomic mass is 19.2. The first-order valence-electron chi connectivity index (χ1n) is 3.01. The van der Waals surface area contributed by atoms with E-state index in [0.29, 0.717) is 6.29 Å². The predicted molar refractivity (Wildman–Crippen MR) is 29.8 cm³/mol. The fourth-order valence-corrected chi connectivity index (χ4v) is 0.514. The molecule has 0 aliphatic heterocycles. The molecule has 4 heteroatoms. The van der Waals surface area contributed by atoms with Crippen molar-refractivity contribution in [3.63, 3.8) is 0 Å². The minimum absolute atomic E-state index is 0.262. The normalized spacial score (nSPS) is 19.7. The average Bonchev–Trinajstić information content (AvgIpc) is 2.48. The third-order valence-corrected chi connectivity index (χ3v) is 1.19. The van der Waals surface area contributed by atoms with Crippen molar-refractivity contribution in [1.29, 1.82) is 0 Å². The van der Waals surface area contributed by atoms with Crippen LogP contribution < -0.4 is 0 Å². The Labute approximate surface area is 57.2 Å². The van der Waals surface area contributed by atoms with Gasteiger partial charge in [-0.1, -0.05) is 0 Å². The predicted octanol–water partition coefficient (Wildman–Crippen LogP) is 0.578. The number of hydrogen-bond acceptors (Lipinski definition) is 3. The number of carbonyl (C=O) groups is 2. The van der Waals surface area contributed by atoms with Gasteiger partial charge in [0.1, 0.15) is 12.7 Å². The van der Waals surface area contributed by atoms with E-state index >= 15 is 0 Å². The molecular formula is C6H7FO3. The first-order chi connectivity index (χ1) is 4.66. The fourth-order valence-electron chi connectivity index (χ4n) is 0.514. The minimum atomic E-state index is -1.74. The number of hydrogen-bond donors (Lipinski definition) is 0. The van der Waals surface area contributed by atoms with Gasteiger partial charge in [-0.3, -0.25) is 4.79 Å². The van der Waals surface area contributed by atoms with Crippen molar-refractivity contribution in [3.8, 4) is 0 Å². The quantitative estimate of drug-likeness (QED) is 0.332. The van der Waals surface area contributed by atoms with E-state index < -0.39 is 11.8 Å². The summed E-state index contributed by atoms with van der Waals surface area (Å²) in [4.78, 5) is 20.1. The zero-order valence-electron chi connectivity index (χ0n) is 5.30. The van der Waals surface area contributed by atoms with Crippen molar-refractivity contribution in [2.75, 3.05) is 0 Å². The molecule has 1 rings (SSSR count). The van der Waals surface area contributed by atoms with Crippen LogP contribution >= 0.6 is 0 Å². The number of rotatable bonds is 3. The first kappa shape index (κ1) is 7.18. The zero-order chi connectivity index (χ0) is 7.61. The van der Waals surface area contributed by atoms with Crippen LogP contribution in [-0.4, -0.2) is 18.1 Å².